The van der Waals surface area contributed by atoms with Crippen LogP contribution in [0.25, 0.3) is 0 Å². The van der Waals surface area contributed by atoms with Gasteiger partial charge >= 0.3 is 0 Å². The fraction of sp³-hybridized carbons (Fsp3) is 0.500. The minimum Gasteiger partial charge on any atom is -0.400 e. The third-order valence-electron chi connectivity index (χ3n) is 0.767. The Morgan fingerprint density at radius 1 is 1.89 bits per heavy atom. The van der Waals surface area contributed by atoms with Gasteiger partial charge in [-0.05, 0) is 6.08 Å². The van der Waals surface area contributed by atoms with Gasteiger partial charge < -0.3 is 10.5 Å². The maximum atomic E-state index is 8.09. The molecule has 3 nitrogen and oxygen atoms in total. The van der Waals surface area contributed by atoms with Crippen molar-refractivity contribution in [2.75, 3.05) is 13.7 Å². The highest BCUT2D eigenvalue weighted by Gasteiger charge is 1.84. The molecule has 50 valence electrons. The number of methoxy groups -OCH3 is 1. The van der Waals surface area contributed by atoms with Crippen molar-refractivity contribution in [3.8, 4) is 6.07 Å². The molecule has 0 aliphatic carbocycles. The van der Waals surface area contributed by atoms with Gasteiger partial charge in [-0.15, -0.1) is 0 Å². The summed E-state index contributed by atoms with van der Waals surface area (Å²) in [6, 6.07) is 1.95. The maximum absolute atomic E-state index is 8.09. The Morgan fingerprint density at radius 2 is 2.56 bits per heavy atom. The third kappa shape index (κ3) is 4.85. The lowest BCUT2D eigenvalue weighted by molar-refractivity contribution is 0.224. The Morgan fingerprint density at radius 3 is 3.00 bits per heavy atom. The SMILES string of the molecule is COCC(N)=CCC#N. The summed E-state index contributed by atoms with van der Waals surface area (Å²) in [5.74, 6) is 0. The number of hydrogen-bond acceptors (Lipinski definition) is 3. The minimum atomic E-state index is 0.356. The summed E-state index contributed by atoms with van der Waals surface area (Å²) >= 11 is 0. The van der Waals surface area contributed by atoms with Crippen molar-refractivity contribution in [1.82, 2.24) is 0 Å². The van der Waals surface area contributed by atoms with E-state index in [0.29, 0.717) is 18.7 Å². The molecule has 0 radical (unpaired) electrons. The van der Waals surface area contributed by atoms with Crippen LogP contribution in [0.5, 0.6) is 0 Å². The third-order valence-corrected chi connectivity index (χ3v) is 0.767. The van der Waals surface area contributed by atoms with Gasteiger partial charge in [-0.3, -0.25) is 0 Å². The maximum Gasteiger partial charge on any atom is 0.0853 e. The lowest BCUT2D eigenvalue weighted by Gasteiger charge is -1.95. The summed E-state index contributed by atoms with van der Waals surface area (Å²) in [4.78, 5) is 0. The Hall–Kier alpha value is -1.01. The van der Waals surface area contributed by atoms with Crippen molar-refractivity contribution in [2.45, 2.75) is 6.42 Å². The fourth-order valence-electron chi connectivity index (χ4n) is 0.402. The summed E-state index contributed by atoms with van der Waals surface area (Å²) in [5, 5.41) is 8.09. The Bertz CT molecular complexity index is 134. The molecule has 0 rings (SSSR count). The number of hydrogen-bond donors (Lipinski definition) is 1. The van der Waals surface area contributed by atoms with E-state index in [-0.39, 0.29) is 0 Å². The van der Waals surface area contributed by atoms with E-state index in [1.165, 1.54) is 0 Å². The zero-order valence-electron chi connectivity index (χ0n) is 5.42. The van der Waals surface area contributed by atoms with Gasteiger partial charge in [0.1, 0.15) is 0 Å². The van der Waals surface area contributed by atoms with Crippen LogP contribution in [-0.2, 0) is 4.74 Å². The molecule has 9 heavy (non-hydrogen) atoms. The Balaban J connectivity index is 3.45. The second-order valence-corrected chi connectivity index (χ2v) is 1.57. The first-order chi connectivity index (χ1) is 4.31. The van der Waals surface area contributed by atoms with Crippen molar-refractivity contribution in [3.05, 3.63) is 11.8 Å². The molecule has 0 bridgehead atoms. The highest BCUT2D eigenvalue weighted by molar-refractivity contribution is 5.00. The molecule has 0 aromatic rings. The second-order valence-electron chi connectivity index (χ2n) is 1.57. The topological polar surface area (TPSA) is 59.0 Å². The first-order valence-corrected chi connectivity index (χ1v) is 2.61. The van der Waals surface area contributed by atoms with Crippen molar-refractivity contribution in [3.63, 3.8) is 0 Å². The lowest BCUT2D eigenvalue weighted by atomic mass is 10.3. The predicted molar refractivity (Wildman–Crippen MR) is 34.4 cm³/mol. The van der Waals surface area contributed by atoms with Crippen LogP contribution in [0.2, 0.25) is 0 Å². The average molecular weight is 126 g/mol. The molecule has 0 heterocycles. The number of allylic oxidation sites excluding steroid dienone is 1. The smallest absolute Gasteiger partial charge is 0.0853 e. The van der Waals surface area contributed by atoms with Crippen LogP contribution in [0.4, 0.5) is 0 Å². The summed E-state index contributed by atoms with van der Waals surface area (Å²) in [6.07, 6.45) is 2.00. The molecule has 2 N–H and O–H groups in total. The molecule has 0 aromatic carbocycles. The number of rotatable bonds is 3. The molecule has 0 saturated carbocycles. The van der Waals surface area contributed by atoms with E-state index >= 15 is 0 Å². The average Bonchev–Trinajstić information content (AvgIpc) is 1.85. The van der Waals surface area contributed by atoms with Gasteiger partial charge in [-0.1, -0.05) is 0 Å². The Kier molecular flexibility index (Phi) is 4.56. The van der Waals surface area contributed by atoms with E-state index in [9.17, 15) is 0 Å². The molecule has 0 atom stereocenters. The van der Waals surface area contributed by atoms with E-state index in [0.717, 1.165) is 0 Å². The van der Waals surface area contributed by atoms with Gasteiger partial charge in [0.25, 0.3) is 0 Å². The van der Waals surface area contributed by atoms with Crippen LogP contribution in [0, 0.1) is 11.3 Å². The van der Waals surface area contributed by atoms with Crippen molar-refractivity contribution in [2.24, 2.45) is 5.73 Å². The van der Waals surface area contributed by atoms with E-state index < -0.39 is 0 Å². The van der Waals surface area contributed by atoms with Crippen LogP contribution in [0.15, 0.2) is 11.8 Å². The quantitative estimate of drug-likeness (QED) is 0.595. The number of nitriles is 1. The lowest BCUT2D eigenvalue weighted by Crippen LogP contribution is -2.03. The van der Waals surface area contributed by atoms with E-state index in [2.05, 4.69) is 0 Å². The van der Waals surface area contributed by atoms with Gasteiger partial charge in [-0.25, -0.2) is 0 Å². The number of ether oxygens (including phenoxy) is 1. The molecule has 0 amide bonds. The molecule has 0 fully saturated rings. The summed E-state index contributed by atoms with van der Waals surface area (Å²) in [7, 11) is 1.56. The number of nitrogens with two attached hydrogens (primary N) is 1. The van der Waals surface area contributed by atoms with Crippen LogP contribution in [0.3, 0.4) is 0 Å². The zero-order chi connectivity index (χ0) is 7.11. The molecular formula is C6H10N2O. The number of nitrogens with zero attached hydrogens (tertiary/aromatic N) is 1. The van der Waals surface area contributed by atoms with Gasteiger partial charge in [-0.2, -0.15) is 5.26 Å². The predicted octanol–water partition coefficient (Wildman–Crippen LogP) is 0.389. The molecule has 3 heteroatoms. The molecular weight excluding hydrogens is 116 g/mol. The van der Waals surface area contributed by atoms with E-state index in [1.807, 2.05) is 6.07 Å². The first kappa shape index (κ1) is 7.99. The highest BCUT2D eigenvalue weighted by atomic mass is 16.5. The molecule has 0 aromatic heterocycles. The zero-order valence-corrected chi connectivity index (χ0v) is 5.42. The monoisotopic (exact) mass is 126 g/mol. The van der Waals surface area contributed by atoms with Crippen LogP contribution in [0.1, 0.15) is 6.42 Å². The molecule has 0 aliphatic rings. The molecule has 0 spiro atoms. The van der Waals surface area contributed by atoms with Crippen molar-refractivity contribution >= 4 is 0 Å². The van der Waals surface area contributed by atoms with Crippen LogP contribution >= 0.6 is 0 Å². The van der Waals surface area contributed by atoms with E-state index in [4.69, 9.17) is 15.7 Å². The minimum absolute atomic E-state index is 0.356. The molecule has 0 unspecified atom stereocenters. The van der Waals surface area contributed by atoms with Gasteiger partial charge in [0.2, 0.25) is 0 Å². The first-order valence-electron chi connectivity index (χ1n) is 2.61. The second kappa shape index (κ2) is 5.13. The standard InChI is InChI=1S/C6H10N2O/c1-9-5-6(8)3-2-4-7/h3H,2,5,8H2,1H3. The summed E-state index contributed by atoms with van der Waals surface area (Å²) in [5.41, 5.74) is 5.97. The van der Waals surface area contributed by atoms with Gasteiger partial charge in [0.15, 0.2) is 0 Å². The molecule has 0 saturated heterocycles. The van der Waals surface area contributed by atoms with E-state index in [1.54, 1.807) is 13.2 Å². The highest BCUT2D eigenvalue weighted by Crippen LogP contribution is 1.86. The van der Waals surface area contributed by atoms with Crippen LogP contribution in [-0.4, -0.2) is 13.7 Å². The van der Waals surface area contributed by atoms with Crippen molar-refractivity contribution in [1.29, 1.82) is 5.26 Å². The van der Waals surface area contributed by atoms with Gasteiger partial charge in [0, 0.05) is 12.8 Å². The molecule has 0 aliphatic heterocycles. The Labute approximate surface area is 54.7 Å². The fourth-order valence-corrected chi connectivity index (χ4v) is 0.402. The summed E-state index contributed by atoms with van der Waals surface area (Å²) in [6.45, 7) is 0.404. The van der Waals surface area contributed by atoms with Crippen molar-refractivity contribution < 1.29 is 4.74 Å². The van der Waals surface area contributed by atoms with Gasteiger partial charge in [0.05, 0.1) is 19.1 Å². The summed E-state index contributed by atoms with van der Waals surface area (Å²) < 4.78 is 4.70. The van der Waals surface area contributed by atoms with Crippen LogP contribution < -0.4 is 5.73 Å². The largest absolute Gasteiger partial charge is 0.400 e. The normalized spacial score (nSPS) is 10.9.